The molecule has 2 fully saturated rings. The molecule has 0 aromatic heterocycles. The van der Waals surface area contributed by atoms with Crippen molar-refractivity contribution in [2.45, 2.75) is 89.0 Å². The Balaban J connectivity index is 2.12. The first-order valence-corrected chi connectivity index (χ1v) is 11.3. The Kier molecular flexibility index (Phi) is 5.34. The molecule has 0 radical (unpaired) electrons. The van der Waals surface area contributed by atoms with Crippen molar-refractivity contribution in [2.24, 2.45) is 0 Å². The predicted molar refractivity (Wildman–Crippen MR) is 90.8 cm³/mol. The summed E-state index contributed by atoms with van der Waals surface area (Å²) < 4.78 is 18.1. The number of ether oxygens (including phenoxy) is 2. The van der Waals surface area contributed by atoms with Gasteiger partial charge >= 0.3 is 0 Å². The summed E-state index contributed by atoms with van der Waals surface area (Å²) in [6.45, 7) is 15.5. The van der Waals surface area contributed by atoms with E-state index in [0.29, 0.717) is 13.2 Å². The van der Waals surface area contributed by atoms with E-state index in [-0.39, 0.29) is 17.2 Å². The number of aliphatic hydroxyl groups is 2. The molecule has 136 valence electrons. The molecule has 2 aliphatic heterocycles. The molecule has 6 nitrogen and oxygen atoms in total. The van der Waals surface area contributed by atoms with Gasteiger partial charge in [0, 0.05) is 6.54 Å². The molecule has 2 heterocycles. The Morgan fingerprint density at radius 1 is 1.17 bits per heavy atom. The van der Waals surface area contributed by atoms with Crippen LogP contribution in [0.3, 0.4) is 0 Å². The van der Waals surface area contributed by atoms with Crippen molar-refractivity contribution >= 4 is 8.32 Å². The fraction of sp³-hybridized carbons (Fsp3) is 1.00. The van der Waals surface area contributed by atoms with E-state index in [4.69, 9.17) is 13.9 Å². The lowest BCUT2D eigenvalue weighted by molar-refractivity contribution is -0.165. The van der Waals surface area contributed by atoms with Crippen LogP contribution in [-0.4, -0.2) is 67.9 Å². The number of rotatable bonds is 3. The second-order valence-corrected chi connectivity index (χ2v) is 13.5. The highest BCUT2D eigenvalue weighted by atomic mass is 28.4. The Bertz CT molecular complexity index is 423. The minimum Gasteiger partial charge on any atom is -0.415 e. The Morgan fingerprint density at radius 2 is 1.74 bits per heavy atom. The van der Waals surface area contributed by atoms with Gasteiger partial charge in [-0.05, 0) is 32.0 Å². The van der Waals surface area contributed by atoms with Gasteiger partial charge in [-0.1, -0.05) is 20.8 Å². The van der Waals surface area contributed by atoms with E-state index in [9.17, 15) is 10.2 Å². The molecule has 0 unspecified atom stereocenters. The van der Waals surface area contributed by atoms with Crippen molar-refractivity contribution in [3.63, 3.8) is 0 Å². The summed E-state index contributed by atoms with van der Waals surface area (Å²) in [5.74, 6) is -0.774. The maximum absolute atomic E-state index is 10.3. The third-order valence-electron chi connectivity index (χ3n) is 5.31. The molecule has 0 aliphatic carbocycles. The lowest BCUT2D eigenvalue weighted by atomic mass is 10.0. The van der Waals surface area contributed by atoms with Gasteiger partial charge in [-0.2, -0.15) is 0 Å². The van der Waals surface area contributed by atoms with Crippen LogP contribution in [0.25, 0.3) is 0 Å². The van der Waals surface area contributed by atoms with Crippen molar-refractivity contribution in [1.29, 1.82) is 0 Å². The summed E-state index contributed by atoms with van der Waals surface area (Å²) in [4.78, 5) is 0. The fourth-order valence-electron chi connectivity index (χ4n) is 2.79. The second kappa shape index (κ2) is 6.37. The maximum atomic E-state index is 10.3. The van der Waals surface area contributed by atoms with Crippen LogP contribution in [0.2, 0.25) is 18.1 Å². The van der Waals surface area contributed by atoms with Gasteiger partial charge in [0.25, 0.3) is 0 Å². The first-order valence-electron chi connectivity index (χ1n) is 8.43. The number of hydrogen-bond acceptors (Lipinski definition) is 6. The number of nitrogens with one attached hydrogen (secondary N) is 1. The highest BCUT2D eigenvalue weighted by molar-refractivity contribution is 6.74. The monoisotopic (exact) mass is 347 g/mol. The summed E-state index contributed by atoms with van der Waals surface area (Å²) in [6, 6.07) is -0.123. The van der Waals surface area contributed by atoms with Gasteiger partial charge in [-0.3, -0.25) is 0 Å². The molecule has 0 aromatic rings. The molecule has 7 heteroatoms. The molecule has 2 rings (SSSR count). The highest BCUT2D eigenvalue weighted by Crippen LogP contribution is 2.38. The van der Waals surface area contributed by atoms with E-state index >= 15 is 0 Å². The molecule has 0 bridgehead atoms. The molecule has 0 amide bonds. The van der Waals surface area contributed by atoms with Crippen LogP contribution in [0.1, 0.15) is 34.6 Å². The van der Waals surface area contributed by atoms with E-state index in [2.05, 4.69) is 39.2 Å². The zero-order valence-corrected chi connectivity index (χ0v) is 16.4. The van der Waals surface area contributed by atoms with Gasteiger partial charge in [-0.25, -0.2) is 0 Å². The number of β-amino-alcohol motifs (C(OH)–C–C–N with tert-alkyl or cyclic N) is 1. The zero-order valence-electron chi connectivity index (χ0n) is 15.4. The van der Waals surface area contributed by atoms with Crippen LogP contribution >= 0.6 is 0 Å². The molecule has 0 spiro atoms. The fourth-order valence-corrected chi connectivity index (χ4v) is 3.82. The first-order chi connectivity index (χ1) is 10.3. The average Bonchev–Trinajstić information content (AvgIpc) is 2.67. The number of hydrogen-bond donors (Lipinski definition) is 3. The van der Waals surface area contributed by atoms with Gasteiger partial charge < -0.3 is 29.4 Å². The number of fused-ring (bicyclic) bond motifs is 1. The van der Waals surface area contributed by atoms with Crippen molar-refractivity contribution in [3.8, 4) is 0 Å². The SMILES string of the molecule is CC1(C)O[C@@H]2[C@@H](O)[C@@H](O)CN[C@@H](CO[Si](C)(C)C(C)(C)C)[C@H]2O1. The molecule has 2 aliphatic rings. The molecule has 0 saturated carbocycles. The van der Waals surface area contributed by atoms with Gasteiger partial charge in [0.15, 0.2) is 14.1 Å². The van der Waals surface area contributed by atoms with Crippen LogP contribution in [-0.2, 0) is 13.9 Å². The highest BCUT2D eigenvalue weighted by Gasteiger charge is 2.52. The molecule has 2 saturated heterocycles. The minimum absolute atomic E-state index is 0.123. The third-order valence-corrected chi connectivity index (χ3v) is 9.81. The second-order valence-electron chi connectivity index (χ2n) is 8.71. The summed E-state index contributed by atoms with van der Waals surface area (Å²) in [5.41, 5.74) is 0. The van der Waals surface area contributed by atoms with Crippen molar-refractivity contribution < 1.29 is 24.1 Å². The summed E-state index contributed by atoms with van der Waals surface area (Å²) in [6.07, 6.45) is -2.74. The number of aliphatic hydroxyl groups excluding tert-OH is 2. The van der Waals surface area contributed by atoms with Gasteiger partial charge in [0.05, 0.1) is 18.8 Å². The quantitative estimate of drug-likeness (QED) is 0.666. The van der Waals surface area contributed by atoms with Gasteiger partial charge in [-0.15, -0.1) is 0 Å². The Labute approximate surface area is 140 Å². The van der Waals surface area contributed by atoms with E-state index in [1.165, 1.54) is 0 Å². The predicted octanol–water partition coefficient (Wildman–Crippen LogP) is 1.22. The topological polar surface area (TPSA) is 80.2 Å². The smallest absolute Gasteiger partial charge is 0.192 e. The zero-order chi connectivity index (χ0) is 17.6. The molecular formula is C16H33NO5Si. The van der Waals surface area contributed by atoms with E-state index < -0.39 is 32.4 Å². The first kappa shape index (κ1) is 19.3. The Morgan fingerprint density at radius 3 is 2.30 bits per heavy atom. The van der Waals surface area contributed by atoms with Gasteiger partial charge in [0.2, 0.25) is 0 Å². The van der Waals surface area contributed by atoms with E-state index in [1.54, 1.807) is 0 Å². The summed E-state index contributed by atoms with van der Waals surface area (Å²) in [7, 11) is -1.88. The van der Waals surface area contributed by atoms with Crippen LogP contribution in [0.15, 0.2) is 0 Å². The maximum Gasteiger partial charge on any atom is 0.192 e. The molecule has 0 aromatic carbocycles. The Hall–Kier alpha value is -0.0231. The average molecular weight is 348 g/mol. The summed E-state index contributed by atoms with van der Waals surface area (Å²) in [5, 5.41) is 23.8. The van der Waals surface area contributed by atoms with Crippen molar-refractivity contribution in [3.05, 3.63) is 0 Å². The van der Waals surface area contributed by atoms with E-state index in [1.807, 2.05) is 13.8 Å². The van der Waals surface area contributed by atoms with Crippen LogP contribution in [0.4, 0.5) is 0 Å². The van der Waals surface area contributed by atoms with Crippen molar-refractivity contribution in [1.82, 2.24) is 5.32 Å². The van der Waals surface area contributed by atoms with E-state index in [0.717, 1.165) is 0 Å². The molecule has 3 N–H and O–H groups in total. The third kappa shape index (κ3) is 4.15. The summed E-state index contributed by atoms with van der Waals surface area (Å²) >= 11 is 0. The van der Waals surface area contributed by atoms with Crippen LogP contribution in [0, 0.1) is 0 Å². The van der Waals surface area contributed by atoms with Gasteiger partial charge in [0.1, 0.15) is 18.3 Å². The largest absolute Gasteiger partial charge is 0.415 e. The molecular weight excluding hydrogens is 314 g/mol. The molecule has 5 atom stereocenters. The van der Waals surface area contributed by atoms with Crippen LogP contribution < -0.4 is 5.32 Å². The lowest BCUT2D eigenvalue weighted by Gasteiger charge is -2.38. The van der Waals surface area contributed by atoms with Crippen LogP contribution in [0.5, 0.6) is 0 Å². The minimum atomic E-state index is -1.88. The van der Waals surface area contributed by atoms with Crippen molar-refractivity contribution in [2.75, 3.05) is 13.2 Å². The standard InChI is InChI=1S/C16H33NO5Si/c1-15(2,3)23(6,7)20-9-10-13-14(22-16(4,5)21-13)12(19)11(18)8-17-10/h10-14,17-19H,8-9H2,1-7H3/t10-,11-,12-,13+,14+/m0/s1. The normalized spacial score (nSPS) is 38.2. The molecule has 23 heavy (non-hydrogen) atoms. The lowest BCUT2D eigenvalue weighted by Crippen LogP contribution is -2.51.